The summed E-state index contributed by atoms with van der Waals surface area (Å²) in [5.41, 5.74) is -0.526. The first-order valence-electron chi connectivity index (χ1n) is 5.93. The second kappa shape index (κ2) is 5.49. The molecule has 2 atom stereocenters. The van der Waals surface area contributed by atoms with Crippen molar-refractivity contribution in [3.63, 3.8) is 0 Å². The number of hydrogen-bond acceptors (Lipinski definition) is 4. The fraction of sp³-hybridized carbons (Fsp3) is 0.833. The predicted octanol–water partition coefficient (Wildman–Crippen LogP) is 1.19. The summed E-state index contributed by atoms with van der Waals surface area (Å²) in [5, 5.41) is 9.81. The van der Waals surface area contributed by atoms with Crippen LogP contribution in [0.15, 0.2) is 0 Å². The van der Waals surface area contributed by atoms with Crippen molar-refractivity contribution in [3.8, 4) is 0 Å². The molecule has 1 heterocycles. The Labute approximate surface area is 102 Å². The summed E-state index contributed by atoms with van der Waals surface area (Å²) in [4.78, 5) is 23.6. The van der Waals surface area contributed by atoms with Gasteiger partial charge in [0.1, 0.15) is 11.9 Å². The maximum atomic E-state index is 11.7. The van der Waals surface area contributed by atoms with E-state index in [1.807, 2.05) is 0 Å². The molecule has 0 radical (unpaired) electrons. The smallest absolute Gasteiger partial charge is 0.410 e. The zero-order chi connectivity index (χ0) is 13.1. The van der Waals surface area contributed by atoms with E-state index in [0.29, 0.717) is 19.4 Å². The molecule has 1 N–H and O–H groups in total. The van der Waals surface area contributed by atoms with Gasteiger partial charge in [-0.05, 0) is 33.1 Å². The van der Waals surface area contributed by atoms with Crippen LogP contribution < -0.4 is 0 Å². The summed E-state index contributed by atoms with van der Waals surface area (Å²) in [5.74, 6) is -0.0359. The SMILES string of the molecule is CC(C)(C)OC(=O)N1CCC(CC=O)C(O)C1. The Kier molecular flexibility index (Phi) is 4.51. The maximum Gasteiger partial charge on any atom is 0.410 e. The molecule has 1 saturated heterocycles. The van der Waals surface area contributed by atoms with E-state index in [1.54, 1.807) is 20.8 Å². The van der Waals surface area contributed by atoms with Crippen LogP contribution in [0.5, 0.6) is 0 Å². The molecule has 0 aromatic heterocycles. The number of piperidine rings is 1. The Morgan fingerprint density at radius 2 is 2.18 bits per heavy atom. The largest absolute Gasteiger partial charge is 0.444 e. The van der Waals surface area contributed by atoms with Crippen LogP contribution in [0, 0.1) is 5.92 Å². The lowest BCUT2D eigenvalue weighted by Crippen LogP contribution is -2.48. The number of rotatable bonds is 2. The lowest BCUT2D eigenvalue weighted by Gasteiger charge is -2.36. The highest BCUT2D eigenvalue weighted by atomic mass is 16.6. The number of hydrogen-bond donors (Lipinski definition) is 1. The van der Waals surface area contributed by atoms with Gasteiger partial charge >= 0.3 is 6.09 Å². The van der Waals surface area contributed by atoms with Crippen LogP contribution in [0.1, 0.15) is 33.6 Å². The minimum absolute atomic E-state index is 0.0359. The lowest BCUT2D eigenvalue weighted by atomic mass is 9.91. The molecule has 1 fully saturated rings. The van der Waals surface area contributed by atoms with E-state index in [1.165, 1.54) is 4.90 Å². The molecule has 1 aliphatic rings. The first-order chi connectivity index (χ1) is 7.83. The summed E-state index contributed by atoms with van der Waals surface area (Å²) in [6.07, 6.45) is 0.766. The minimum atomic E-state index is -0.638. The monoisotopic (exact) mass is 243 g/mol. The molecule has 0 saturated carbocycles. The lowest BCUT2D eigenvalue weighted by molar-refractivity contribution is -0.110. The molecule has 0 bridgehead atoms. The molecular weight excluding hydrogens is 222 g/mol. The quantitative estimate of drug-likeness (QED) is 0.740. The molecular formula is C12H21NO4. The zero-order valence-electron chi connectivity index (χ0n) is 10.7. The Morgan fingerprint density at radius 3 is 2.65 bits per heavy atom. The highest BCUT2D eigenvalue weighted by Gasteiger charge is 2.31. The van der Waals surface area contributed by atoms with Gasteiger partial charge in [0.05, 0.1) is 12.6 Å². The maximum absolute atomic E-state index is 11.7. The van der Waals surface area contributed by atoms with Crippen molar-refractivity contribution in [2.75, 3.05) is 13.1 Å². The van der Waals surface area contributed by atoms with Crippen molar-refractivity contribution in [3.05, 3.63) is 0 Å². The highest BCUT2D eigenvalue weighted by Crippen LogP contribution is 2.21. The molecule has 0 aromatic rings. The summed E-state index contributed by atoms with van der Waals surface area (Å²) >= 11 is 0. The van der Waals surface area contributed by atoms with Crippen LogP contribution in [0.2, 0.25) is 0 Å². The molecule has 1 amide bonds. The predicted molar refractivity (Wildman–Crippen MR) is 62.6 cm³/mol. The number of amides is 1. The molecule has 0 aliphatic carbocycles. The molecule has 98 valence electrons. The fourth-order valence-corrected chi connectivity index (χ4v) is 1.87. The number of carbonyl (C=O) groups is 2. The normalized spacial score (nSPS) is 25.5. The topological polar surface area (TPSA) is 66.8 Å². The van der Waals surface area contributed by atoms with E-state index < -0.39 is 17.8 Å². The summed E-state index contributed by atoms with van der Waals surface area (Å²) in [6.45, 7) is 6.19. The van der Waals surface area contributed by atoms with E-state index >= 15 is 0 Å². The molecule has 17 heavy (non-hydrogen) atoms. The number of aldehydes is 1. The van der Waals surface area contributed by atoms with Crippen molar-refractivity contribution in [2.24, 2.45) is 5.92 Å². The molecule has 0 aromatic carbocycles. The summed E-state index contributed by atoms with van der Waals surface area (Å²) in [6, 6.07) is 0. The van der Waals surface area contributed by atoms with Crippen molar-refractivity contribution < 1.29 is 19.4 Å². The third-order valence-corrected chi connectivity index (χ3v) is 2.77. The second-order valence-corrected chi connectivity index (χ2v) is 5.44. The van der Waals surface area contributed by atoms with Gasteiger partial charge in [-0.15, -0.1) is 0 Å². The first kappa shape index (κ1) is 14.0. The number of aliphatic hydroxyl groups excluding tert-OH is 1. The summed E-state index contributed by atoms with van der Waals surface area (Å²) < 4.78 is 5.23. The molecule has 5 heteroatoms. The Hall–Kier alpha value is -1.10. The standard InChI is InChI=1S/C12H21NO4/c1-12(2,3)17-11(16)13-6-4-9(5-7-14)10(15)8-13/h7,9-10,15H,4-6,8H2,1-3H3. The van der Waals surface area contributed by atoms with Crippen LogP contribution in [-0.4, -0.2) is 47.2 Å². The molecule has 2 unspecified atom stereocenters. The van der Waals surface area contributed by atoms with Gasteiger partial charge in [0, 0.05) is 13.0 Å². The van der Waals surface area contributed by atoms with Gasteiger partial charge in [-0.3, -0.25) is 0 Å². The van der Waals surface area contributed by atoms with Crippen molar-refractivity contribution in [2.45, 2.75) is 45.3 Å². The highest BCUT2D eigenvalue weighted by molar-refractivity contribution is 5.68. The average molecular weight is 243 g/mol. The van der Waals surface area contributed by atoms with E-state index in [2.05, 4.69) is 0 Å². The number of ether oxygens (including phenoxy) is 1. The van der Waals surface area contributed by atoms with E-state index in [-0.39, 0.29) is 12.5 Å². The second-order valence-electron chi connectivity index (χ2n) is 5.44. The number of carbonyl (C=O) groups excluding carboxylic acids is 2. The number of β-amino-alcohol motifs (C(OH)–C–C–N with tert-alkyl or cyclic N) is 1. The van der Waals surface area contributed by atoms with E-state index in [4.69, 9.17) is 4.74 Å². The van der Waals surface area contributed by atoms with Gasteiger partial charge in [0.25, 0.3) is 0 Å². The molecule has 5 nitrogen and oxygen atoms in total. The molecule has 0 spiro atoms. The van der Waals surface area contributed by atoms with Gasteiger partial charge in [-0.2, -0.15) is 0 Å². The van der Waals surface area contributed by atoms with Crippen LogP contribution >= 0.6 is 0 Å². The zero-order valence-corrected chi connectivity index (χ0v) is 10.7. The number of likely N-dealkylation sites (tertiary alicyclic amines) is 1. The van der Waals surface area contributed by atoms with Crippen LogP contribution in [-0.2, 0) is 9.53 Å². The first-order valence-corrected chi connectivity index (χ1v) is 5.93. The minimum Gasteiger partial charge on any atom is -0.444 e. The third kappa shape index (κ3) is 4.34. The van der Waals surface area contributed by atoms with Crippen LogP contribution in [0.25, 0.3) is 0 Å². The van der Waals surface area contributed by atoms with E-state index in [9.17, 15) is 14.7 Å². The fourth-order valence-electron chi connectivity index (χ4n) is 1.87. The van der Waals surface area contributed by atoms with Gasteiger partial charge in [0.15, 0.2) is 0 Å². The van der Waals surface area contributed by atoms with Gasteiger partial charge < -0.3 is 19.5 Å². The molecule has 1 rings (SSSR count). The van der Waals surface area contributed by atoms with Gasteiger partial charge in [-0.25, -0.2) is 4.79 Å². The van der Waals surface area contributed by atoms with Gasteiger partial charge in [-0.1, -0.05) is 0 Å². The Balaban J connectivity index is 2.49. The third-order valence-electron chi connectivity index (χ3n) is 2.77. The Morgan fingerprint density at radius 1 is 1.53 bits per heavy atom. The summed E-state index contributed by atoms with van der Waals surface area (Å²) in [7, 11) is 0. The van der Waals surface area contributed by atoms with Crippen molar-refractivity contribution in [1.29, 1.82) is 0 Å². The number of nitrogens with zero attached hydrogens (tertiary/aromatic N) is 1. The van der Waals surface area contributed by atoms with Gasteiger partial charge in [0.2, 0.25) is 0 Å². The van der Waals surface area contributed by atoms with Crippen LogP contribution in [0.4, 0.5) is 4.79 Å². The molecule has 1 aliphatic heterocycles. The van der Waals surface area contributed by atoms with Crippen molar-refractivity contribution in [1.82, 2.24) is 4.90 Å². The van der Waals surface area contributed by atoms with E-state index in [0.717, 1.165) is 6.29 Å². The van der Waals surface area contributed by atoms with Crippen molar-refractivity contribution >= 4 is 12.4 Å². The number of aliphatic hydroxyl groups is 1. The van der Waals surface area contributed by atoms with Crippen LogP contribution in [0.3, 0.4) is 0 Å². The Bertz CT molecular complexity index is 285. The average Bonchev–Trinajstić information content (AvgIpc) is 2.18.